The van der Waals surface area contributed by atoms with Gasteiger partial charge in [0.25, 0.3) is 0 Å². The molecule has 0 aliphatic heterocycles. The van der Waals surface area contributed by atoms with Crippen LogP contribution in [-0.4, -0.2) is 4.98 Å². The van der Waals surface area contributed by atoms with Crippen molar-refractivity contribution in [2.45, 2.75) is 19.9 Å². The summed E-state index contributed by atoms with van der Waals surface area (Å²) in [5, 5.41) is 4.61. The molecule has 18 heavy (non-hydrogen) atoms. The van der Waals surface area contributed by atoms with Crippen LogP contribution < -0.4 is 5.32 Å². The van der Waals surface area contributed by atoms with Gasteiger partial charge in [-0.25, -0.2) is 4.98 Å². The molecule has 1 atom stereocenters. The van der Waals surface area contributed by atoms with Crippen LogP contribution >= 0.6 is 23.2 Å². The van der Waals surface area contributed by atoms with E-state index >= 15 is 0 Å². The molecule has 1 unspecified atom stereocenters. The molecule has 0 bridgehead atoms. The van der Waals surface area contributed by atoms with Crippen LogP contribution in [0, 0.1) is 6.92 Å². The molecule has 0 aliphatic rings. The average Bonchev–Trinajstić information content (AvgIpc) is 2.34. The number of halogens is 2. The van der Waals surface area contributed by atoms with E-state index in [1.807, 2.05) is 37.3 Å². The van der Waals surface area contributed by atoms with Gasteiger partial charge >= 0.3 is 0 Å². The molecule has 1 N–H and O–H groups in total. The molecule has 0 radical (unpaired) electrons. The van der Waals surface area contributed by atoms with Gasteiger partial charge in [-0.1, -0.05) is 35.3 Å². The lowest BCUT2D eigenvalue weighted by Crippen LogP contribution is -2.08. The van der Waals surface area contributed by atoms with Crippen LogP contribution in [0.2, 0.25) is 10.2 Å². The molecule has 0 saturated carbocycles. The summed E-state index contributed by atoms with van der Waals surface area (Å²) < 4.78 is 0. The van der Waals surface area contributed by atoms with Crippen molar-refractivity contribution in [1.82, 2.24) is 4.98 Å². The van der Waals surface area contributed by atoms with Gasteiger partial charge in [-0.05, 0) is 43.2 Å². The lowest BCUT2D eigenvalue weighted by atomic mass is 10.1. The average molecular weight is 281 g/mol. The molecule has 1 heterocycles. The van der Waals surface area contributed by atoms with Gasteiger partial charge in [-0.15, -0.1) is 0 Å². The third-order valence-electron chi connectivity index (χ3n) is 2.84. The number of pyridine rings is 1. The lowest BCUT2D eigenvalue weighted by Gasteiger charge is -2.18. The topological polar surface area (TPSA) is 24.9 Å². The number of hydrogen-bond acceptors (Lipinski definition) is 2. The van der Waals surface area contributed by atoms with Gasteiger partial charge in [-0.2, -0.15) is 0 Å². The second kappa shape index (κ2) is 5.59. The summed E-state index contributed by atoms with van der Waals surface area (Å²) in [6.45, 7) is 4.08. The van der Waals surface area contributed by atoms with Crippen molar-refractivity contribution in [3.8, 4) is 0 Å². The van der Waals surface area contributed by atoms with Crippen LogP contribution in [0.25, 0.3) is 0 Å². The van der Waals surface area contributed by atoms with Crippen molar-refractivity contribution in [1.29, 1.82) is 0 Å². The first kappa shape index (κ1) is 13.2. The second-order valence-corrected chi connectivity index (χ2v) is 5.01. The van der Waals surface area contributed by atoms with Crippen molar-refractivity contribution in [3.05, 3.63) is 57.8 Å². The van der Waals surface area contributed by atoms with E-state index in [9.17, 15) is 0 Å². The van der Waals surface area contributed by atoms with Gasteiger partial charge in [0.2, 0.25) is 0 Å². The van der Waals surface area contributed by atoms with Crippen molar-refractivity contribution in [2.24, 2.45) is 0 Å². The maximum Gasteiger partial charge on any atom is 0.152 e. The highest BCUT2D eigenvalue weighted by atomic mass is 35.5. The molecule has 4 heteroatoms. The Morgan fingerprint density at radius 3 is 2.39 bits per heavy atom. The number of anilines is 1. The van der Waals surface area contributed by atoms with Crippen LogP contribution in [0.3, 0.4) is 0 Å². The minimum absolute atomic E-state index is 0.141. The third kappa shape index (κ3) is 2.95. The predicted molar refractivity (Wildman–Crippen MR) is 77.5 cm³/mol. The van der Waals surface area contributed by atoms with E-state index in [0.29, 0.717) is 5.15 Å². The standard InChI is InChI=1S/C14H14Cl2N2/c1-9-7-8-17-14(16)13(9)18-10(2)11-3-5-12(15)6-4-11/h3-8,10,18H,1-2H3. The molecule has 2 aromatic rings. The summed E-state index contributed by atoms with van der Waals surface area (Å²) in [6.07, 6.45) is 1.70. The summed E-state index contributed by atoms with van der Waals surface area (Å²) in [5.41, 5.74) is 3.11. The van der Waals surface area contributed by atoms with Gasteiger partial charge in [0.1, 0.15) is 0 Å². The number of aryl methyl sites for hydroxylation is 1. The second-order valence-electron chi connectivity index (χ2n) is 4.21. The zero-order valence-corrected chi connectivity index (χ0v) is 11.8. The van der Waals surface area contributed by atoms with E-state index in [4.69, 9.17) is 23.2 Å². The Kier molecular flexibility index (Phi) is 4.10. The fourth-order valence-electron chi connectivity index (χ4n) is 1.75. The number of rotatable bonds is 3. The van der Waals surface area contributed by atoms with Crippen molar-refractivity contribution < 1.29 is 0 Å². The Bertz CT molecular complexity index is 518. The SMILES string of the molecule is Cc1ccnc(Cl)c1NC(C)c1ccc(Cl)cc1. The van der Waals surface area contributed by atoms with Crippen molar-refractivity contribution >= 4 is 28.9 Å². The van der Waals surface area contributed by atoms with Crippen molar-refractivity contribution in [2.75, 3.05) is 5.32 Å². The van der Waals surface area contributed by atoms with Gasteiger partial charge in [0.15, 0.2) is 5.15 Å². The number of nitrogens with zero attached hydrogens (tertiary/aromatic N) is 1. The highest BCUT2D eigenvalue weighted by Crippen LogP contribution is 2.27. The van der Waals surface area contributed by atoms with E-state index in [-0.39, 0.29) is 6.04 Å². The summed E-state index contributed by atoms with van der Waals surface area (Å²) in [6, 6.07) is 9.84. The van der Waals surface area contributed by atoms with Crippen LogP contribution in [-0.2, 0) is 0 Å². The normalized spacial score (nSPS) is 12.2. The summed E-state index contributed by atoms with van der Waals surface area (Å²) in [7, 11) is 0. The predicted octanol–water partition coefficient (Wildman–Crippen LogP) is 4.87. The Morgan fingerprint density at radius 1 is 1.11 bits per heavy atom. The molecule has 0 fully saturated rings. The molecule has 0 amide bonds. The molecular weight excluding hydrogens is 267 g/mol. The zero-order chi connectivity index (χ0) is 13.1. The fourth-order valence-corrected chi connectivity index (χ4v) is 2.14. The Labute approximate surface area is 117 Å². The number of hydrogen-bond donors (Lipinski definition) is 1. The van der Waals surface area contributed by atoms with E-state index in [2.05, 4.69) is 17.2 Å². The largest absolute Gasteiger partial charge is 0.376 e. The van der Waals surface area contributed by atoms with Crippen LogP contribution in [0.15, 0.2) is 36.5 Å². The first-order valence-electron chi connectivity index (χ1n) is 5.71. The van der Waals surface area contributed by atoms with Crippen LogP contribution in [0.4, 0.5) is 5.69 Å². The number of nitrogens with one attached hydrogen (secondary N) is 1. The minimum Gasteiger partial charge on any atom is -0.376 e. The van der Waals surface area contributed by atoms with Gasteiger partial charge < -0.3 is 5.32 Å². The van der Waals surface area contributed by atoms with E-state index in [1.54, 1.807) is 6.20 Å². The molecule has 1 aromatic heterocycles. The Balaban J connectivity index is 2.21. The summed E-state index contributed by atoms with van der Waals surface area (Å²) in [4.78, 5) is 4.08. The molecule has 94 valence electrons. The van der Waals surface area contributed by atoms with Crippen LogP contribution in [0.5, 0.6) is 0 Å². The van der Waals surface area contributed by atoms with Crippen LogP contribution in [0.1, 0.15) is 24.1 Å². The van der Waals surface area contributed by atoms with E-state index in [0.717, 1.165) is 21.8 Å². The third-order valence-corrected chi connectivity index (χ3v) is 3.38. The van der Waals surface area contributed by atoms with E-state index in [1.165, 1.54) is 0 Å². The zero-order valence-electron chi connectivity index (χ0n) is 10.2. The minimum atomic E-state index is 0.141. The highest BCUT2D eigenvalue weighted by molar-refractivity contribution is 6.32. The molecule has 2 rings (SSSR count). The summed E-state index contributed by atoms with van der Waals surface area (Å²) >= 11 is 12.0. The molecular formula is C14H14Cl2N2. The highest BCUT2D eigenvalue weighted by Gasteiger charge is 2.10. The van der Waals surface area contributed by atoms with Gasteiger partial charge in [-0.3, -0.25) is 0 Å². The lowest BCUT2D eigenvalue weighted by molar-refractivity contribution is 0.880. The Morgan fingerprint density at radius 2 is 1.78 bits per heavy atom. The summed E-state index contributed by atoms with van der Waals surface area (Å²) in [5.74, 6) is 0. The molecule has 0 aliphatic carbocycles. The molecule has 1 aromatic carbocycles. The molecule has 0 saturated heterocycles. The number of aromatic nitrogens is 1. The monoisotopic (exact) mass is 280 g/mol. The van der Waals surface area contributed by atoms with Crippen molar-refractivity contribution in [3.63, 3.8) is 0 Å². The fraction of sp³-hybridized carbons (Fsp3) is 0.214. The van der Waals surface area contributed by atoms with Gasteiger partial charge in [0.05, 0.1) is 5.69 Å². The maximum absolute atomic E-state index is 6.09. The van der Waals surface area contributed by atoms with Gasteiger partial charge in [0, 0.05) is 17.3 Å². The first-order chi connectivity index (χ1) is 8.58. The Hall–Kier alpha value is -1.25. The quantitative estimate of drug-likeness (QED) is 0.812. The number of benzene rings is 1. The first-order valence-corrected chi connectivity index (χ1v) is 6.46. The van der Waals surface area contributed by atoms with E-state index < -0.39 is 0 Å². The molecule has 0 spiro atoms. The molecule has 2 nitrogen and oxygen atoms in total. The smallest absolute Gasteiger partial charge is 0.152 e. The maximum atomic E-state index is 6.09.